The Morgan fingerprint density at radius 2 is 1.91 bits per heavy atom. The first-order valence-electron chi connectivity index (χ1n) is 6.95. The van der Waals surface area contributed by atoms with Crippen LogP contribution in [-0.2, 0) is 4.79 Å². The van der Waals surface area contributed by atoms with Gasteiger partial charge in [-0.3, -0.25) is 4.79 Å². The molecule has 0 radical (unpaired) electrons. The minimum Gasteiger partial charge on any atom is -0.355 e. The lowest BCUT2D eigenvalue weighted by Crippen LogP contribution is -2.29. The highest BCUT2D eigenvalue weighted by atomic mass is 32.2. The number of nitrogens with one attached hydrogen (secondary N) is 1. The SMILES string of the molecule is C[C@@H](CNC(=O)CSc1ccc(F)cc1F)c1ccccc1. The summed E-state index contributed by atoms with van der Waals surface area (Å²) in [6.07, 6.45) is 0. The Balaban J connectivity index is 1.78. The second kappa shape index (κ2) is 7.94. The molecule has 2 aromatic rings. The number of carbonyl (C=O) groups excluding carboxylic acids is 1. The second-order valence-corrected chi connectivity index (χ2v) is 6.00. The molecule has 22 heavy (non-hydrogen) atoms. The first kappa shape index (κ1) is 16.5. The van der Waals surface area contributed by atoms with E-state index in [1.165, 1.54) is 12.1 Å². The monoisotopic (exact) mass is 321 g/mol. The molecule has 0 aliphatic heterocycles. The summed E-state index contributed by atoms with van der Waals surface area (Å²) < 4.78 is 26.2. The van der Waals surface area contributed by atoms with Crippen LogP contribution in [0.3, 0.4) is 0 Å². The van der Waals surface area contributed by atoms with Crippen molar-refractivity contribution in [1.29, 1.82) is 0 Å². The number of hydrogen-bond acceptors (Lipinski definition) is 2. The molecule has 0 bridgehead atoms. The molecule has 116 valence electrons. The summed E-state index contributed by atoms with van der Waals surface area (Å²) >= 11 is 1.06. The third kappa shape index (κ3) is 4.84. The Labute approximate surface area is 132 Å². The molecule has 1 N–H and O–H groups in total. The van der Waals surface area contributed by atoms with Gasteiger partial charge in [0, 0.05) is 17.5 Å². The van der Waals surface area contributed by atoms with E-state index in [-0.39, 0.29) is 22.5 Å². The molecule has 0 heterocycles. The Morgan fingerprint density at radius 3 is 2.59 bits per heavy atom. The van der Waals surface area contributed by atoms with E-state index in [9.17, 15) is 13.6 Å². The van der Waals surface area contributed by atoms with Gasteiger partial charge < -0.3 is 5.32 Å². The van der Waals surface area contributed by atoms with Gasteiger partial charge in [-0.05, 0) is 23.6 Å². The van der Waals surface area contributed by atoms with Crippen LogP contribution in [0.15, 0.2) is 53.4 Å². The number of hydrogen-bond donors (Lipinski definition) is 1. The number of halogens is 2. The maximum absolute atomic E-state index is 13.4. The number of benzene rings is 2. The zero-order chi connectivity index (χ0) is 15.9. The lowest BCUT2D eigenvalue weighted by molar-refractivity contribution is -0.118. The Morgan fingerprint density at radius 1 is 1.18 bits per heavy atom. The molecule has 2 rings (SSSR count). The highest BCUT2D eigenvalue weighted by Gasteiger charge is 2.10. The average molecular weight is 321 g/mol. The fourth-order valence-corrected chi connectivity index (χ4v) is 2.70. The molecule has 0 aliphatic carbocycles. The maximum Gasteiger partial charge on any atom is 0.230 e. The minimum absolute atomic E-state index is 0.101. The van der Waals surface area contributed by atoms with Crippen LogP contribution in [0.25, 0.3) is 0 Å². The number of thioether (sulfide) groups is 1. The van der Waals surface area contributed by atoms with Gasteiger partial charge in [0.15, 0.2) is 0 Å². The summed E-state index contributed by atoms with van der Waals surface area (Å²) in [5.74, 6) is -1.13. The predicted octanol–water partition coefficient (Wildman–Crippen LogP) is 3.98. The van der Waals surface area contributed by atoms with Gasteiger partial charge in [0.1, 0.15) is 11.6 Å². The van der Waals surface area contributed by atoms with Crippen molar-refractivity contribution in [3.8, 4) is 0 Å². The van der Waals surface area contributed by atoms with Gasteiger partial charge in [0.05, 0.1) is 5.75 Å². The van der Waals surface area contributed by atoms with E-state index >= 15 is 0 Å². The van der Waals surface area contributed by atoms with Gasteiger partial charge >= 0.3 is 0 Å². The fraction of sp³-hybridized carbons (Fsp3) is 0.235. The topological polar surface area (TPSA) is 29.1 Å². The number of rotatable bonds is 6. The van der Waals surface area contributed by atoms with Gasteiger partial charge in [0.25, 0.3) is 0 Å². The van der Waals surface area contributed by atoms with E-state index in [4.69, 9.17) is 0 Å². The molecule has 0 aromatic heterocycles. The highest BCUT2D eigenvalue weighted by Crippen LogP contribution is 2.22. The van der Waals surface area contributed by atoms with Gasteiger partial charge in [-0.15, -0.1) is 11.8 Å². The third-order valence-corrected chi connectivity index (χ3v) is 4.28. The molecule has 1 atom stereocenters. The van der Waals surface area contributed by atoms with E-state index in [0.717, 1.165) is 23.4 Å². The Hall–Kier alpha value is -1.88. The molecule has 0 fully saturated rings. The quantitative estimate of drug-likeness (QED) is 0.816. The minimum atomic E-state index is -0.643. The van der Waals surface area contributed by atoms with Gasteiger partial charge in [-0.1, -0.05) is 37.3 Å². The third-order valence-electron chi connectivity index (χ3n) is 3.23. The first-order valence-corrected chi connectivity index (χ1v) is 7.94. The Bertz CT molecular complexity index is 634. The molecule has 0 saturated carbocycles. The molecule has 0 saturated heterocycles. The molecule has 0 aliphatic rings. The van der Waals surface area contributed by atoms with Gasteiger partial charge in [0.2, 0.25) is 5.91 Å². The summed E-state index contributed by atoms with van der Waals surface area (Å²) in [4.78, 5) is 12.1. The lowest BCUT2D eigenvalue weighted by atomic mass is 10.0. The molecule has 2 aromatic carbocycles. The molecule has 0 unspecified atom stereocenters. The molecular formula is C17H17F2NOS. The standard InChI is InChI=1S/C17H17F2NOS/c1-12(13-5-3-2-4-6-13)10-20-17(21)11-22-16-8-7-14(18)9-15(16)19/h2-9,12H,10-11H2,1H3,(H,20,21)/t12-/m0/s1. The first-order chi connectivity index (χ1) is 10.6. The molecule has 0 spiro atoms. The molecule has 5 heteroatoms. The maximum atomic E-state index is 13.4. The van der Waals surface area contributed by atoms with Crippen LogP contribution in [0, 0.1) is 11.6 Å². The van der Waals surface area contributed by atoms with Gasteiger partial charge in [-0.25, -0.2) is 8.78 Å². The highest BCUT2D eigenvalue weighted by molar-refractivity contribution is 8.00. The van der Waals surface area contributed by atoms with Crippen LogP contribution in [0.1, 0.15) is 18.4 Å². The van der Waals surface area contributed by atoms with E-state index in [1.54, 1.807) is 0 Å². The van der Waals surface area contributed by atoms with Gasteiger partial charge in [-0.2, -0.15) is 0 Å². The molecule has 2 nitrogen and oxygen atoms in total. The lowest BCUT2D eigenvalue weighted by Gasteiger charge is -2.13. The van der Waals surface area contributed by atoms with Crippen molar-refractivity contribution >= 4 is 17.7 Å². The van der Waals surface area contributed by atoms with Crippen molar-refractivity contribution in [2.75, 3.05) is 12.3 Å². The normalized spacial score (nSPS) is 12.0. The van der Waals surface area contributed by atoms with Crippen LogP contribution in [0.2, 0.25) is 0 Å². The summed E-state index contributed by atoms with van der Waals surface area (Å²) in [5, 5.41) is 2.83. The smallest absolute Gasteiger partial charge is 0.230 e. The summed E-state index contributed by atoms with van der Waals surface area (Å²) in [6.45, 7) is 2.55. The summed E-state index contributed by atoms with van der Waals surface area (Å²) in [6, 6.07) is 13.2. The predicted molar refractivity (Wildman–Crippen MR) is 84.9 cm³/mol. The molecule has 1 amide bonds. The average Bonchev–Trinajstić information content (AvgIpc) is 2.52. The van der Waals surface area contributed by atoms with Crippen molar-refractivity contribution in [1.82, 2.24) is 5.32 Å². The van der Waals surface area contributed by atoms with Crippen molar-refractivity contribution in [2.45, 2.75) is 17.7 Å². The largest absolute Gasteiger partial charge is 0.355 e. The fourth-order valence-electron chi connectivity index (χ4n) is 1.95. The Kier molecular flexibility index (Phi) is 5.95. The zero-order valence-corrected chi connectivity index (χ0v) is 13.0. The summed E-state index contributed by atoms with van der Waals surface area (Å²) in [5.41, 5.74) is 1.15. The van der Waals surface area contributed by atoms with Crippen molar-refractivity contribution in [3.63, 3.8) is 0 Å². The van der Waals surface area contributed by atoms with Crippen LogP contribution in [-0.4, -0.2) is 18.2 Å². The summed E-state index contributed by atoms with van der Waals surface area (Å²) in [7, 11) is 0. The van der Waals surface area contributed by atoms with Crippen molar-refractivity contribution in [3.05, 3.63) is 65.7 Å². The van der Waals surface area contributed by atoms with E-state index in [2.05, 4.69) is 5.32 Å². The van der Waals surface area contributed by atoms with Crippen LogP contribution < -0.4 is 5.32 Å². The number of carbonyl (C=O) groups is 1. The molecular weight excluding hydrogens is 304 g/mol. The second-order valence-electron chi connectivity index (χ2n) is 4.98. The van der Waals surface area contributed by atoms with E-state index < -0.39 is 11.6 Å². The van der Waals surface area contributed by atoms with Crippen molar-refractivity contribution in [2.24, 2.45) is 0 Å². The zero-order valence-electron chi connectivity index (χ0n) is 12.2. The van der Waals surface area contributed by atoms with Crippen molar-refractivity contribution < 1.29 is 13.6 Å². The number of amides is 1. The van der Waals surface area contributed by atoms with Crippen LogP contribution >= 0.6 is 11.8 Å². The van der Waals surface area contributed by atoms with E-state index in [0.29, 0.717) is 6.54 Å². The van der Waals surface area contributed by atoms with Crippen LogP contribution in [0.4, 0.5) is 8.78 Å². The van der Waals surface area contributed by atoms with E-state index in [1.807, 2.05) is 37.3 Å². The van der Waals surface area contributed by atoms with Crippen LogP contribution in [0.5, 0.6) is 0 Å².